The number of amides is 2. The van der Waals surface area contributed by atoms with Crippen LogP contribution in [0.2, 0.25) is 0 Å². The number of aromatic nitrogens is 2. The van der Waals surface area contributed by atoms with Crippen molar-refractivity contribution in [1.29, 1.82) is 0 Å². The highest BCUT2D eigenvalue weighted by Gasteiger charge is 2.33. The summed E-state index contributed by atoms with van der Waals surface area (Å²) in [6.07, 6.45) is 2.60. The van der Waals surface area contributed by atoms with Gasteiger partial charge in [0.2, 0.25) is 11.8 Å². The van der Waals surface area contributed by atoms with Gasteiger partial charge in [-0.1, -0.05) is 6.58 Å². The highest BCUT2D eigenvalue weighted by Crippen LogP contribution is 2.22. The Morgan fingerprint density at radius 2 is 2.08 bits per heavy atom. The quantitative estimate of drug-likeness (QED) is 0.868. The lowest BCUT2D eigenvalue weighted by Crippen LogP contribution is -2.42. The number of benzene rings is 1. The Bertz CT molecular complexity index is 813. The Morgan fingerprint density at radius 1 is 1.36 bits per heavy atom. The first-order valence-electron chi connectivity index (χ1n) is 8.06. The van der Waals surface area contributed by atoms with Crippen LogP contribution in [0.15, 0.2) is 43.0 Å². The minimum Gasteiger partial charge on any atom is -0.327 e. The molecule has 1 aliphatic heterocycles. The van der Waals surface area contributed by atoms with E-state index in [0.29, 0.717) is 30.2 Å². The molecule has 0 spiro atoms. The lowest BCUT2D eigenvalue weighted by atomic mass is 10.2. The van der Waals surface area contributed by atoms with E-state index in [1.807, 2.05) is 0 Å². The molecule has 1 atom stereocenters. The van der Waals surface area contributed by atoms with Crippen molar-refractivity contribution in [3.05, 3.63) is 54.5 Å². The second-order valence-electron chi connectivity index (χ2n) is 5.94. The van der Waals surface area contributed by atoms with Gasteiger partial charge in [0.05, 0.1) is 11.4 Å². The summed E-state index contributed by atoms with van der Waals surface area (Å²) in [5.74, 6) is -0.383. The molecule has 3 rings (SSSR count). The molecule has 1 aliphatic rings. The summed E-state index contributed by atoms with van der Waals surface area (Å²) >= 11 is 0. The number of carbonyl (C=O) groups excluding carboxylic acids is 2. The number of carbonyl (C=O) groups is 2. The van der Waals surface area contributed by atoms with E-state index >= 15 is 0 Å². The number of hydrogen-bond acceptors (Lipinski definition) is 3. The molecule has 1 fully saturated rings. The van der Waals surface area contributed by atoms with Crippen LogP contribution in [0.5, 0.6) is 0 Å². The number of rotatable bonds is 4. The second-order valence-corrected chi connectivity index (χ2v) is 5.94. The zero-order valence-corrected chi connectivity index (χ0v) is 13.9. The molecule has 25 heavy (non-hydrogen) atoms. The van der Waals surface area contributed by atoms with Crippen LogP contribution < -0.4 is 5.32 Å². The SMILES string of the molecule is C=CC(=O)N1CCCC1C(=O)Nc1cc(C)nn1-c1ccc(F)cc1. The van der Waals surface area contributed by atoms with E-state index in [2.05, 4.69) is 17.0 Å². The van der Waals surface area contributed by atoms with Gasteiger partial charge < -0.3 is 10.2 Å². The summed E-state index contributed by atoms with van der Waals surface area (Å²) in [7, 11) is 0. The molecule has 2 amide bonds. The zero-order valence-electron chi connectivity index (χ0n) is 13.9. The standard InChI is InChI=1S/C18H19FN4O2/c1-3-17(24)22-10-4-5-15(22)18(25)20-16-11-12(2)21-23(16)14-8-6-13(19)7-9-14/h3,6-9,11,15H,1,4-5,10H2,2H3,(H,20,25). The Hall–Kier alpha value is -2.96. The van der Waals surface area contributed by atoms with Crippen molar-refractivity contribution in [3.8, 4) is 5.69 Å². The third-order valence-corrected chi connectivity index (χ3v) is 4.17. The molecule has 0 bridgehead atoms. The normalized spacial score (nSPS) is 16.7. The largest absolute Gasteiger partial charge is 0.327 e. The molecule has 1 aromatic heterocycles. The maximum absolute atomic E-state index is 13.1. The van der Waals surface area contributed by atoms with E-state index in [9.17, 15) is 14.0 Å². The molecule has 6 nitrogen and oxygen atoms in total. The molecule has 1 unspecified atom stereocenters. The summed E-state index contributed by atoms with van der Waals surface area (Å²) in [5, 5.41) is 7.18. The van der Waals surface area contributed by atoms with Crippen LogP contribution in [0.1, 0.15) is 18.5 Å². The van der Waals surface area contributed by atoms with Gasteiger partial charge in [0.1, 0.15) is 17.7 Å². The molecule has 0 aliphatic carbocycles. The molecule has 7 heteroatoms. The Kier molecular flexibility index (Phi) is 4.65. The van der Waals surface area contributed by atoms with Gasteiger partial charge in [-0.2, -0.15) is 5.10 Å². The summed E-state index contributed by atoms with van der Waals surface area (Å²) in [6, 6.07) is 7.04. The average molecular weight is 342 g/mol. The summed E-state index contributed by atoms with van der Waals surface area (Å²) in [6.45, 7) is 5.82. The number of hydrogen-bond donors (Lipinski definition) is 1. The van der Waals surface area contributed by atoms with Gasteiger partial charge in [0.25, 0.3) is 0 Å². The Balaban J connectivity index is 1.83. The monoisotopic (exact) mass is 342 g/mol. The van der Waals surface area contributed by atoms with E-state index in [0.717, 1.165) is 6.42 Å². The molecule has 1 aromatic carbocycles. The van der Waals surface area contributed by atoms with Crippen molar-refractivity contribution < 1.29 is 14.0 Å². The first kappa shape index (κ1) is 16.9. The van der Waals surface area contributed by atoms with Crippen molar-refractivity contribution in [2.24, 2.45) is 0 Å². The summed E-state index contributed by atoms with van der Waals surface area (Å²) in [4.78, 5) is 26.1. The lowest BCUT2D eigenvalue weighted by molar-refractivity contribution is -0.132. The molecule has 2 heterocycles. The topological polar surface area (TPSA) is 67.2 Å². The van der Waals surface area contributed by atoms with Crippen LogP contribution in [0.3, 0.4) is 0 Å². The zero-order chi connectivity index (χ0) is 18.0. The Morgan fingerprint density at radius 3 is 2.76 bits per heavy atom. The molecular weight excluding hydrogens is 323 g/mol. The number of likely N-dealkylation sites (tertiary alicyclic amines) is 1. The minimum atomic E-state index is -0.526. The fourth-order valence-electron chi connectivity index (χ4n) is 3.00. The number of aryl methyl sites for hydroxylation is 1. The van der Waals surface area contributed by atoms with E-state index in [1.54, 1.807) is 29.8 Å². The van der Waals surface area contributed by atoms with Crippen molar-refractivity contribution in [2.45, 2.75) is 25.8 Å². The maximum Gasteiger partial charge on any atom is 0.248 e. The molecule has 2 aromatic rings. The first-order valence-corrected chi connectivity index (χ1v) is 8.06. The molecule has 0 saturated carbocycles. The van der Waals surface area contributed by atoms with E-state index in [-0.39, 0.29) is 17.6 Å². The molecule has 130 valence electrons. The number of nitrogens with one attached hydrogen (secondary N) is 1. The predicted octanol–water partition coefficient (Wildman–Crippen LogP) is 2.44. The summed E-state index contributed by atoms with van der Waals surface area (Å²) < 4.78 is 14.7. The van der Waals surface area contributed by atoms with Crippen molar-refractivity contribution >= 4 is 17.6 Å². The molecule has 1 saturated heterocycles. The van der Waals surface area contributed by atoms with Crippen LogP contribution >= 0.6 is 0 Å². The smallest absolute Gasteiger partial charge is 0.248 e. The van der Waals surface area contributed by atoms with E-state index < -0.39 is 6.04 Å². The molecule has 0 radical (unpaired) electrons. The maximum atomic E-state index is 13.1. The van der Waals surface area contributed by atoms with Crippen LogP contribution in [0, 0.1) is 12.7 Å². The second kappa shape index (κ2) is 6.88. The van der Waals surface area contributed by atoms with Crippen molar-refractivity contribution in [2.75, 3.05) is 11.9 Å². The average Bonchev–Trinajstić information content (AvgIpc) is 3.22. The van der Waals surface area contributed by atoms with Crippen molar-refractivity contribution in [3.63, 3.8) is 0 Å². The third-order valence-electron chi connectivity index (χ3n) is 4.17. The van der Waals surface area contributed by atoms with Gasteiger partial charge in [-0.3, -0.25) is 9.59 Å². The number of anilines is 1. The molecular formula is C18H19FN4O2. The van der Waals surface area contributed by atoms with Crippen molar-refractivity contribution in [1.82, 2.24) is 14.7 Å². The van der Waals surface area contributed by atoms with E-state index in [4.69, 9.17) is 0 Å². The summed E-state index contributed by atoms with van der Waals surface area (Å²) in [5.41, 5.74) is 1.35. The minimum absolute atomic E-state index is 0.249. The third kappa shape index (κ3) is 3.45. The van der Waals surface area contributed by atoms with Gasteiger partial charge in [-0.15, -0.1) is 0 Å². The van der Waals surface area contributed by atoms with Crippen LogP contribution in [-0.4, -0.2) is 39.1 Å². The van der Waals surface area contributed by atoms with Gasteiger partial charge in [-0.05, 0) is 50.1 Å². The number of halogens is 1. The van der Waals surface area contributed by atoms with Crippen LogP contribution in [0.25, 0.3) is 5.69 Å². The molecule has 1 N–H and O–H groups in total. The lowest BCUT2D eigenvalue weighted by Gasteiger charge is -2.22. The number of nitrogens with zero attached hydrogens (tertiary/aromatic N) is 3. The predicted molar refractivity (Wildman–Crippen MR) is 91.8 cm³/mol. The van der Waals surface area contributed by atoms with Crippen LogP contribution in [-0.2, 0) is 9.59 Å². The highest BCUT2D eigenvalue weighted by molar-refractivity contribution is 5.99. The highest BCUT2D eigenvalue weighted by atomic mass is 19.1. The van der Waals surface area contributed by atoms with Gasteiger partial charge in [0, 0.05) is 12.6 Å². The fraction of sp³-hybridized carbons (Fsp3) is 0.278. The van der Waals surface area contributed by atoms with Gasteiger partial charge >= 0.3 is 0 Å². The van der Waals surface area contributed by atoms with Crippen LogP contribution in [0.4, 0.5) is 10.2 Å². The fourth-order valence-corrected chi connectivity index (χ4v) is 3.00. The van der Waals surface area contributed by atoms with Gasteiger partial charge in [-0.25, -0.2) is 9.07 Å². The van der Waals surface area contributed by atoms with Gasteiger partial charge in [0.15, 0.2) is 0 Å². The van der Waals surface area contributed by atoms with E-state index in [1.165, 1.54) is 23.1 Å². The first-order chi connectivity index (χ1) is 12.0. The Labute approximate surface area is 144 Å².